The molecule has 1 saturated heterocycles. The Labute approximate surface area is 117 Å². The standard InChI is InChI=1S/C13H20FN5O/c1-2-5-16-13-17-7-10(14)12(18-13)19-6-3-4-9(8-19)11(15)20/h7,9H,2-6,8H2,1H3,(H2,15,20)(H,16,17,18). The SMILES string of the molecule is CCCNc1ncc(F)c(N2CCCC(C(N)=O)C2)n1. The average Bonchev–Trinajstić information content (AvgIpc) is 2.46. The van der Waals surface area contributed by atoms with Gasteiger partial charge in [-0.1, -0.05) is 6.92 Å². The van der Waals surface area contributed by atoms with Crippen LogP contribution in [-0.4, -0.2) is 35.5 Å². The smallest absolute Gasteiger partial charge is 0.224 e. The number of rotatable bonds is 5. The molecule has 1 aliphatic heterocycles. The third-order valence-electron chi connectivity index (χ3n) is 3.38. The van der Waals surface area contributed by atoms with Crippen LogP contribution in [0, 0.1) is 11.7 Å². The van der Waals surface area contributed by atoms with Crippen LogP contribution in [0.3, 0.4) is 0 Å². The Morgan fingerprint density at radius 3 is 3.15 bits per heavy atom. The lowest BCUT2D eigenvalue weighted by molar-refractivity contribution is -0.122. The molecule has 1 unspecified atom stereocenters. The van der Waals surface area contributed by atoms with Gasteiger partial charge in [-0.2, -0.15) is 4.98 Å². The normalized spacial score (nSPS) is 18.9. The first-order chi connectivity index (χ1) is 9.61. The Morgan fingerprint density at radius 1 is 1.65 bits per heavy atom. The number of aromatic nitrogens is 2. The van der Waals surface area contributed by atoms with Gasteiger partial charge < -0.3 is 16.0 Å². The number of nitrogens with zero attached hydrogens (tertiary/aromatic N) is 3. The molecule has 0 saturated carbocycles. The maximum absolute atomic E-state index is 13.9. The summed E-state index contributed by atoms with van der Waals surface area (Å²) in [7, 11) is 0. The van der Waals surface area contributed by atoms with Crippen LogP contribution in [0.2, 0.25) is 0 Å². The molecule has 2 heterocycles. The van der Waals surface area contributed by atoms with E-state index in [9.17, 15) is 9.18 Å². The van der Waals surface area contributed by atoms with Gasteiger partial charge in [-0.05, 0) is 19.3 Å². The largest absolute Gasteiger partial charge is 0.369 e. The Morgan fingerprint density at radius 2 is 2.45 bits per heavy atom. The minimum atomic E-state index is -0.475. The summed E-state index contributed by atoms with van der Waals surface area (Å²) < 4.78 is 13.9. The maximum atomic E-state index is 13.9. The predicted octanol–water partition coefficient (Wildman–Crippen LogP) is 1.14. The van der Waals surface area contributed by atoms with Crippen molar-refractivity contribution in [1.29, 1.82) is 0 Å². The Bertz CT molecular complexity index is 482. The third kappa shape index (κ3) is 3.34. The average molecular weight is 281 g/mol. The molecule has 0 bridgehead atoms. The van der Waals surface area contributed by atoms with E-state index in [0.29, 0.717) is 19.0 Å². The van der Waals surface area contributed by atoms with Crippen molar-refractivity contribution in [2.75, 3.05) is 29.9 Å². The summed E-state index contributed by atoms with van der Waals surface area (Å²) in [5.74, 6) is -0.412. The van der Waals surface area contributed by atoms with Gasteiger partial charge in [0, 0.05) is 19.6 Å². The van der Waals surface area contributed by atoms with Gasteiger partial charge in [-0.15, -0.1) is 0 Å². The monoisotopic (exact) mass is 281 g/mol. The van der Waals surface area contributed by atoms with E-state index in [2.05, 4.69) is 15.3 Å². The summed E-state index contributed by atoms with van der Waals surface area (Å²) in [5, 5.41) is 3.03. The predicted molar refractivity (Wildman–Crippen MR) is 74.9 cm³/mol. The van der Waals surface area contributed by atoms with Crippen molar-refractivity contribution in [3.05, 3.63) is 12.0 Å². The number of nitrogens with two attached hydrogens (primary N) is 1. The molecule has 0 radical (unpaired) electrons. The lowest BCUT2D eigenvalue weighted by Gasteiger charge is -2.32. The van der Waals surface area contributed by atoms with Crippen molar-refractivity contribution in [3.8, 4) is 0 Å². The van der Waals surface area contributed by atoms with Gasteiger partial charge >= 0.3 is 0 Å². The van der Waals surface area contributed by atoms with Gasteiger partial charge in [0.15, 0.2) is 11.6 Å². The highest BCUT2D eigenvalue weighted by atomic mass is 19.1. The second kappa shape index (κ2) is 6.49. The van der Waals surface area contributed by atoms with E-state index in [1.165, 1.54) is 0 Å². The van der Waals surface area contributed by atoms with E-state index in [4.69, 9.17) is 5.73 Å². The zero-order valence-electron chi connectivity index (χ0n) is 11.6. The van der Waals surface area contributed by atoms with Crippen LogP contribution in [0.25, 0.3) is 0 Å². The summed E-state index contributed by atoms with van der Waals surface area (Å²) in [6.07, 6.45) is 3.64. The highest BCUT2D eigenvalue weighted by Crippen LogP contribution is 2.24. The second-order valence-electron chi connectivity index (χ2n) is 4.98. The molecule has 0 spiro atoms. The lowest BCUT2D eigenvalue weighted by atomic mass is 9.97. The van der Waals surface area contributed by atoms with Crippen molar-refractivity contribution < 1.29 is 9.18 Å². The number of hydrogen-bond acceptors (Lipinski definition) is 5. The molecule has 1 fully saturated rings. The minimum Gasteiger partial charge on any atom is -0.369 e. The summed E-state index contributed by atoms with van der Waals surface area (Å²) in [6.45, 7) is 3.84. The van der Waals surface area contributed by atoms with Gasteiger partial charge in [0.05, 0.1) is 12.1 Å². The summed E-state index contributed by atoms with van der Waals surface area (Å²) in [6, 6.07) is 0. The lowest BCUT2D eigenvalue weighted by Crippen LogP contribution is -2.42. The van der Waals surface area contributed by atoms with E-state index in [-0.39, 0.29) is 17.6 Å². The molecule has 1 atom stereocenters. The first-order valence-corrected chi connectivity index (χ1v) is 6.92. The molecular formula is C13H20FN5O. The van der Waals surface area contributed by atoms with Gasteiger partial charge in [-0.25, -0.2) is 9.37 Å². The molecule has 20 heavy (non-hydrogen) atoms. The van der Waals surface area contributed by atoms with Crippen LogP contribution in [-0.2, 0) is 4.79 Å². The third-order valence-corrected chi connectivity index (χ3v) is 3.38. The van der Waals surface area contributed by atoms with Crippen LogP contribution < -0.4 is 16.0 Å². The first kappa shape index (κ1) is 14.5. The fraction of sp³-hybridized carbons (Fsp3) is 0.615. The van der Waals surface area contributed by atoms with Crippen molar-refractivity contribution in [2.24, 2.45) is 11.7 Å². The van der Waals surface area contributed by atoms with Gasteiger partial charge in [0.1, 0.15) is 0 Å². The molecule has 1 aliphatic rings. The maximum Gasteiger partial charge on any atom is 0.224 e. The Kier molecular flexibility index (Phi) is 4.70. The van der Waals surface area contributed by atoms with Crippen LogP contribution in [0.5, 0.6) is 0 Å². The van der Waals surface area contributed by atoms with Gasteiger partial charge in [-0.3, -0.25) is 4.79 Å². The quantitative estimate of drug-likeness (QED) is 0.845. The Balaban J connectivity index is 2.15. The molecule has 3 N–H and O–H groups in total. The highest BCUT2D eigenvalue weighted by Gasteiger charge is 2.26. The van der Waals surface area contributed by atoms with Crippen LogP contribution in [0.4, 0.5) is 16.2 Å². The summed E-state index contributed by atoms with van der Waals surface area (Å²) >= 11 is 0. The number of anilines is 2. The van der Waals surface area contributed by atoms with Gasteiger partial charge in [0.2, 0.25) is 11.9 Å². The highest BCUT2D eigenvalue weighted by molar-refractivity contribution is 5.77. The molecule has 1 aromatic rings. The molecular weight excluding hydrogens is 261 g/mol. The van der Waals surface area contributed by atoms with E-state index in [1.54, 1.807) is 4.90 Å². The number of carbonyl (C=O) groups is 1. The molecule has 0 aromatic carbocycles. The number of carbonyl (C=O) groups excluding carboxylic acids is 1. The van der Waals surface area contributed by atoms with Crippen molar-refractivity contribution in [2.45, 2.75) is 26.2 Å². The molecule has 2 rings (SSSR count). The molecule has 1 aromatic heterocycles. The number of halogens is 1. The van der Waals surface area contributed by atoms with Crippen molar-refractivity contribution in [1.82, 2.24) is 9.97 Å². The fourth-order valence-electron chi connectivity index (χ4n) is 2.30. The minimum absolute atomic E-state index is 0.240. The number of primary amides is 1. The summed E-state index contributed by atoms with van der Waals surface area (Å²) in [4.78, 5) is 21.2. The molecule has 0 aliphatic carbocycles. The number of amides is 1. The topological polar surface area (TPSA) is 84.1 Å². The van der Waals surface area contributed by atoms with Gasteiger partial charge in [0.25, 0.3) is 0 Å². The zero-order valence-corrected chi connectivity index (χ0v) is 11.6. The van der Waals surface area contributed by atoms with Crippen LogP contribution >= 0.6 is 0 Å². The second-order valence-corrected chi connectivity index (χ2v) is 4.98. The van der Waals surface area contributed by atoms with Crippen molar-refractivity contribution >= 4 is 17.7 Å². The Hall–Kier alpha value is -1.92. The molecule has 1 amide bonds. The first-order valence-electron chi connectivity index (χ1n) is 6.92. The van der Waals surface area contributed by atoms with Crippen LogP contribution in [0.1, 0.15) is 26.2 Å². The fourth-order valence-corrected chi connectivity index (χ4v) is 2.30. The molecule has 6 nitrogen and oxygen atoms in total. The number of piperidine rings is 1. The van der Waals surface area contributed by atoms with Crippen LogP contribution in [0.15, 0.2) is 6.20 Å². The van der Waals surface area contributed by atoms with E-state index >= 15 is 0 Å². The number of hydrogen-bond donors (Lipinski definition) is 2. The van der Waals surface area contributed by atoms with E-state index in [0.717, 1.165) is 32.0 Å². The zero-order chi connectivity index (χ0) is 14.5. The number of nitrogens with one attached hydrogen (secondary N) is 1. The van der Waals surface area contributed by atoms with E-state index < -0.39 is 5.82 Å². The molecule has 7 heteroatoms. The summed E-state index contributed by atoms with van der Waals surface area (Å²) in [5.41, 5.74) is 5.34. The van der Waals surface area contributed by atoms with E-state index in [1.807, 2.05) is 6.92 Å². The van der Waals surface area contributed by atoms with Crippen molar-refractivity contribution in [3.63, 3.8) is 0 Å². The molecule has 110 valence electrons.